The zero-order valence-corrected chi connectivity index (χ0v) is 53.0. The highest BCUT2D eigenvalue weighted by molar-refractivity contribution is 6.42. The third kappa shape index (κ3) is 14.2. The Morgan fingerprint density at radius 3 is 0.643 bits per heavy atom. The van der Waals surface area contributed by atoms with Gasteiger partial charge in [0.25, 0.3) is 0 Å². The summed E-state index contributed by atoms with van der Waals surface area (Å²) in [6, 6.07) is 19.7. The van der Waals surface area contributed by atoms with Crippen LogP contribution in [-0.4, -0.2) is 92.7 Å². The fourth-order valence-electron chi connectivity index (χ4n) is 9.97. The summed E-state index contributed by atoms with van der Waals surface area (Å²) in [5, 5.41) is 17.6. The molecule has 1 aliphatic heterocycles. The molecule has 0 fully saturated rings. The Hall–Kier alpha value is -5.88. The molecule has 0 amide bonds. The number of aliphatic hydroxyl groups is 2. The number of ether oxygens (including phenoxy) is 4. The maximum absolute atomic E-state index is 14.8. The number of hydrogen-bond donors (Lipinski definition) is 6. The van der Waals surface area contributed by atoms with E-state index in [4.69, 9.17) is 122 Å². The van der Waals surface area contributed by atoms with Gasteiger partial charge in [-0.2, -0.15) is 0 Å². The molecule has 0 unspecified atom stereocenters. The van der Waals surface area contributed by atoms with Gasteiger partial charge in [0.15, 0.2) is 0 Å². The molecular weight excluding hydrogens is 1240 g/mol. The lowest BCUT2D eigenvalue weighted by atomic mass is 9.92. The Morgan fingerprint density at radius 2 is 0.500 bits per heavy atom. The van der Waals surface area contributed by atoms with E-state index in [2.05, 4.69) is 19.9 Å². The highest BCUT2D eigenvalue weighted by atomic mass is 35.5. The van der Waals surface area contributed by atoms with E-state index in [0.717, 1.165) is 0 Å². The molecule has 22 heteroatoms. The van der Waals surface area contributed by atoms with Crippen LogP contribution in [0.1, 0.15) is 142 Å². The summed E-state index contributed by atoms with van der Waals surface area (Å²) in [6.07, 6.45) is -0.996. The number of H-pyrrole nitrogens is 4. The zero-order chi connectivity index (χ0) is 61.4. The fraction of sp³-hybridized carbons (Fsp3) is 0.290. The number of hydrogen-bond acceptors (Lipinski definition) is 10. The summed E-state index contributed by atoms with van der Waals surface area (Å²) in [5.41, 5.74) is 4.77. The van der Waals surface area contributed by atoms with Crippen molar-refractivity contribution in [3.63, 3.8) is 0 Å². The summed E-state index contributed by atoms with van der Waals surface area (Å²) in [7, 11) is 0. The van der Waals surface area contributed by atoms with Crippen molar-refractivity contribution in [2.24, 2.45) is 0 Å². The maximum Gasteiger partial charge on any atom is 0.340 e. The van der Waals surface area contributed by atoms with Crippen molar-refractivity contribution in [3.05, 3.63) is 181 Å². The normalized spacial score (nSPS) is 11.9. The Bertz CT molecular complexity index is 3200. The smallest absolute Gasteiger partial charge is 0.340 e. The van der Waals surface area contributed by atoms with Gasteiger partial charge in [0.1, 0.15) is 0 Å². The van der Waals surface area contributed by atoms with Crippen LogP contribution in [0.25, 0.3) is 44.5 Å². The number of rotatable bonds is 12. The second-order valence-electron chi connectivity index (χ2n) is 19.5. The average Bonchev–Trinajstić information content (AvgIpc) is 4.24. The van der Waals surface area contributed by atoms with Gasteiger partial charge in [-0.25, -0.2) is 19.2 Å². The molecule has 6 N–H and O–H groups in total. The Labute approximate surface area is 526 Å². The third-order valence-electron chi connectivity index (χ3n) is 12.8. The number of nitrogens with one attached hydrogen (secondary N) is 4. The molecule has 84 heavy (non-hydrogen) atoms. The summed E-state index contributed by atoms with van der Waals surface area (Å²) in [5.74, 6) is -2.98. The van der Waals surface area contributed by atoms with Gasteiger partial charge >= 0.3 is 23.9 Å². The number of aromatic amines is 4. The predicted molar refractivity (Wildman–Crippen MR) is 335 cm³/mol. The topological polar surface area (TPSA) is 209 Å². The van der Waals surface area contributed by atoms with Gasteiger partial charge in [0.2, 0.25) is 0 Å². The first-order valence-corrected chi connectivity index (χ1v) is 29.8. The van der Waals surface area contributed by atoms with Gasteiger partial charge in [-0.1, -0.05) is 117 Å². The van der Waals surface area contributed by atoms with Crippen LogP contribution in [0.2, 0.25) is 40.2 Å². The molecule has 0 radical (unpaired) electrons. The standard InChI is InChI=1S/C56H44Cl8N4O8.2C3H8O/c1-5-73-53(69)49-37-21-34-46(42-27(59)15-10-16-28(42)60)51(55(71)75-7-3)39(66-34)23-36-48(44-31(63)19-12-20-32(44)64)52(56(72)76-8-4)40(68-36)24-35-47(43-29(61)17-11-18-30(43)62)50(54(70)74-6-2)38(67-35)22-33(65-37)45(49)41-25(57)13-9-14-26(41)58;2*1-3(2)4/h9-20,65-68H,5-8,21-24H2,1-4H3;2*3-4H,1-2H3. The van der Waals surface area contributed by atoms with E-state index < -0.39 is 23.9 Å². The molecule has 4 aromatic heterocycles. The van der Waals surface area contributed by atoms with Gasteiger partial charge in [-0.15, -0.1) is 0 Å². The molecule has 9 rings (SSSR count). The largest absolute Gasteiger partial charge is 0.462 e. The molecule has 5 heterocycles. The fourth-order valence-corrected chi connectivity index (χ4v) is 12.3. The average molecular weight is 1300 g/mol. The maximum atomic E-state index is 14.8. The minimum atomic E-state index is -0.744. The molecule has 14 nitrogen and oxygen atoms in total. The first-order chi connectivity index (χ1) is 40.0. The number of fused-ring (bicyclic) bond motifs is 8. The molecule has 8 bridgehead atoms. The number of aliphatic hydroxyl groups excluding tert-OH is 2. The lowest BCUT2D eigenvalue weighted by Gasteiger charge is -2.14. The summed E-state index contributed by atoms with van der Waals surface area (Å²) in [4.78, 5) is 73.3. The predicted octanol–water partition coefficient (Wildman–Crippen LogP) is 17.1. The number of carbonyl (C=O) groups excluding carboxylic acids is 4. The van der Waals surface area contributed by atoms with Crippen LogP contribution in [0.15, 0.2) is 72.8 Å². The second-order valence-corrected chi connectivity index (χ2v) is 22.7. The first kappa shape index (κ1) is 65.7. The van der Waals surface area contributed by atoms with Crippen LogP contribution < -0.4 is 0 Å². The second kappa shape index (κ2) is 29.0. The molecule has 0 saturated heterocycles. The van der Waals surface area contributed by atoms with Crippen LogP contribution in [0.3, 0.4) is 0 Å². The lowest BCUT2D eigenvalue weighted by molar-refractivity contribution is 0.0516. The third-order valence-corrected chi connectivity index (χ3v) is 15.3. The molecule has 0 atom stereocenters. The van der Waals surface area contributed by atoms with Crippen LogP contribution in [0, 0.1) is 0 Å². The van der Waals surface area contributed by atoms with Crippen LogP contribution >= 0.6 is 92.8 Å². The van der Waals surface area contributed by atoms with Gasteiger partial charge in [0.05, 0.1) is 48.7 Å². The molecule has 444 valence electrons. The van der Waals surface area contributed by atoms with Crippen LogP contribution in [-0.2, 0) is 44.6 Å². The van der Waals surface area contributed by atoms with E-state index in [-0.39, 0.29) is 194 Å². The minimum Gasteiger partial charge on any atom is -0.462 e. The molecule has 1 aliphatic rings. The van der Waals surface area contributed by atoms with Gasteiger partial charge < -0.3 is 49.1 Å². The van der Waals surface area contributed by atoms with Crippen molar-refractivity contribution < 1.29 is 48.3 Å². The first-order valence-electron chi connectivity index (χ1n) is 26.8. The van der Waals surface area contributed by atoms with Crippen LogP contribution in [0.4, 0.5) is 0 Å². The van der Waals surface area contributed by atoms with Crippen molar-refractivity contribution in [1.29, 1.82) is 0 Å². The molecule has 0 spiro atoms. The molecule has 0 aliphatic carbocycles. The number of benzene rings is 4. The number of aromatic nitrogens is 4. The zero-order valence-electron chi connectivity index (χ0n) is 46.9. The van der Waals surface area contributed by atoms with Gasteiger partial charge in [0, 0.05) is 168 Å². The Morgan fingerprint density at radius 1 is 0.345 bits per heavy atom. The van der Waals surface area contributed by atoms with Gasteiger partial charge in [-0.3, -0.25) is 0 Å². The van der Waals surface area contributed by atoms with Gasteiger partial charge in [-0.05, 0) is 104 Å². The van der Waals surface area contributed by atoms with E-state index in [9.17, 15) is 19.2 Å². The highest BCUT2D eigenvalue weighted by Crippen LogP contribution is 2.49. The molecule has 0 saturated carbocycles. The summed E-state index contributed by atoms with van der Waals surface area (Å²) >= 11 is 56.6. The minimum absolute atomic E-state index is 0.0207. The van der Waals surface area contributed by atoms with Crippen molar-refractivity contribution >= 4 is 117 Å². The Balaban J connectivity index is 0.00000119. The Kier molecular flexibility index (Phi) is 22.7. The summed E-state index contributed by atoms with van der Waals surface area (Å²) in [6.45, 7) is 13.5. The van der Waals surface area contributed by atoms with Crippen molar-refractivity contribution in [3.8, 4) is 44.5 Å². The quantitative estimate of drug-likeness (QED) is 0.0504. The van der Waals surface area contributed by atoms with E-state index >= 15 is 0 Å². The number of carbonyl (C=O) groups is 4. The lowest BCUT2D eigenvalue weighted by Crippen LogP contribution is -2.10. The van der Waals surface area contributed by atoms with Crippen molar-refractivity contribution in [1.82, 2.24) is 19.9 Å². The number of halogens is 8. The van der Waals surface area contributed by atoms with E-state index in [1.54, 1.807) is 128 Å². The van der Waals surface area contributed by atoms with E-state index in [1.807, 2.05) is 0 Å². The molecule has 8 aromatic rings. The SMILES string of the molecule is CC(C)O.CC(C)O.CCOC(=O)c1c2[nH]c(c1-c1c(Cl)cccc1Cl)Cc1[nH]c(c(-c3c(Cl)cccc3Cl)c1C(=O)OCC)Cc1[nH]c(c(-c3c(Cl)cccc3Cl)c1C(=O)OCC)Cc1[nH]c(c(-c3c(Cl)cccc3Cl)c1C(=O)OCC)C2. The summed E-state index contributed by atoms with van der Waals surface area (Å²) < 4.78 is 23.3. The highest BCUT2D eigenvalue weighted by Gasteiger charge is 2.37. The molecular formula is C62H60Cl8N4O10. The molecule has 4 aromatic carbocycles. The van der Waals surface area contributed by atoms with E-state index in [1.165, 1.54) is 0 Å². The van der Waals surface area contributed by atoms with Crippen molar-refractivity contribution in [2.75, 3.05) is 26.4 Å². The van der Waals surface area contributed by atoms with Crippen LogP contribution in [0.5, 0.6) is 0 Å². The monoisotopic (exact) mass is 1300 g/mol. The van der Waals surface area contributed by atoms with Crippen molar-refractivity contribution in [2.45, 2.75) is 93.3 Å². The number of esters is 4. The van der Waals surface area contributed by atoms with E-state index in [0.29, 0.717) is 22.8 Å².